The van der Waals surface area contributed by atoms with Gasteiger partial charge in [0, 0.05) is 23.3 Å². The first-order valence-electron chi connectivity index (χ1n) is 14.7. The lowest BCUT2D eigenvalue weighted by molar-refractivity contribution is -0.123. The smallest absolute Gasteiger partial charge is 0.253 e. The summed E-state index contributed by atoms with van der Waals surface area (Å²) in [6, 6.07) is 2.28. The lowest BCUT2D eigenvalue weighted by Gasteiger charge is -2.32. The molecule has 1 aliphatic carbocycles. The maximum absolute atomic E-state index is 15.6. The van der Waals surface area contributed by atoms with E-state index >= 15 is 4.39 Å². The molecule has 0 spiro atoms. The Balaban J connectivity index is 1.43. The highest BCUT2D eigenvalue weighted by molar-refractivity contribution is 7.91. The first kappa shape index (κ1) is 30.5. The minimum atomic E-state index is -3.57. The minimum absolute atomic E-state index is 0.00766. The highest BCUT2D eigenvalue weighted by Crippen LogP contribution is 2.44. The normalized spacial score (nSPS) is 23.2. The third kappa shape index (κ3) is 5.93. The van der Waals surface area contributed by atoms with Gasteiger partial charge in [-0.05, 0) is 62.0 Å². The van der Waals surface area contributed by atoms with E-state index in [1.165, 1.54) is 6.07 Å². The summed E-state index contributed by atoms with van der Waals surface area (Å²) in [6.45, 7) is 8.25. The number of amides is 2. The lowest BCUT2D eigenvalue weighted by Crippen LogP contribution is -2.47. The largest absolute Gasteiger partial charge is 0.382 e. The zero-order valence-electron chi connectivity index (χ0n) is 24.8. The van der Waals surface area contributed by atoms with Crippen LogP contribution in [0.5, 0.6) is 0 Å². The van der Waals surface area contributed by atoms with Crippen molar-refractivity contribution in [2.45, 2.75) is 102 Å². The predicted molar refractivity (Wildman–Crippen MR) is 158 cm³/mol. The maximum atomic E-state index is 15.6. The molecule has 2 amide bonds. The third-order valence-corrected chi connectivity index (χ3v) is 10.8. The van der Waals surface area contributed by atoms with Crippen LogP contribution in [0.15, 0.2) is 17.0 Å². The van der Waals surface area contributed by atoms with Crippen LogP contribution in [0.3, 0.4) is 0 Å². The number of carbonyl (C=O) groups is 2. The number of sulfone groups is 1. The molecule has 230 valence electrons. The highest BCUT2D eigenvalue weighted by atomic mass is 32.2. The number of nitrogens with one attached hydrogen (secondary N) is 2. The third-order valence-electron chi connectivity index (χ3n) is 8.52. The van der Waals surface area contributed by atoms with Crippen LogP contribution >= 0.6 is 0 Å². The van der Waals surface area contributed by atoms with Crippen LogP contribution in [-0.4, -0.2) is 48.7 Å². The summed E-state index contributed by atoms with van der Waals surface area (Å²) in [6.07, 6.45) is 3.88. The van der Waals surface area contributed by atoms with Crippen molar-refractivity contribution in [2.75, 3.05) is 11.1 Å². The van der Waals surface area contributed by atoms with Gasteiger partial charge < -0.3 is 31.4 Å². The number of ether oxygens (including phenoxy) is 1. The number of hydrogen-bond acceptors (Lipinski definition) is 7. The lowest BCUT2D eigenvalue weighted by atomic mass is 9.89. The Kier molecular flexibility index (Phi) is 8.19. The van der Waals surface area contributed by atoms with Gasteiger partial charge in [-0.15, -0.1) is 0 Å². The molecular weight excluding hydrogens is 561 g/mol. The second-order valence-corrected chi connectivity index (χ2v) is 15.2. The molecule has 0 unspecified atom stereocenters. The molecule has 0 radical (unpaired) electrons. The number of fused-ring (bicyclic) bond motifs is 3. The monoisotopic (exact) mass is 603 g/mol. The van der Waals surface area contributed by atoms with E-state index in [1.54, 1.807) is 10.6 Å². The van der Waals surface area contributed by atoms with E-state index in [1.807, 2.05) is 27.7 Å². The summed E-state index contributed by atoms with van der Waals surface area (Å²) < 4.78 is 49.8. The van der Waals surface area contributed by atoms with Crippen molar-refractivity contribution in [2.24, 2.45) is 22.8 Å². The van der Waals surface area contributed by atoms with Gasteiger partial charge in [-0.1, -0.05) is 27.7 Å². The molecule has 1 fully saturated rings. The Morgan fingerprint density at radius 1 is 1.12 bits per heavy atom. The quantitative estimate of drug-likeness (QED) is 0.360. The van der Waals surface area contributed by atoms with Crippen LogP contribution in [0.2, 0.25) is 0 Å². The summed E-state index contributed by atoms with van der Waals surface area (Å²) in [5.74, 6) is -1.48. The maximum Gasteiger partial charge on any atom is 0.253 e. The number of hydrogen-bond donors (Lipinski definition) is 4. The number of nitrogens with zero attached hydrogens (tertiary/aromatic N) is 1. The average Bonchev–Trinajstić information content (AvgIpc) is 3.43. The first-order chi connectivity index (χ1) is 19.7. The van der Waals surface area contributed by atoms with Gasteiger partial charge in [-0.25, -0.2) is 12.8 Å². The van der Waals surface area contributed by atoms with Gasteiger partial charge in [0.1, 0.15) is 5.82 Å². The van der Waals surface area contributed by atoms with E-state index < -0.39 is 33.0 Å². The highest BCUT2D eigenvalue weighted by Gasteiger charge is 2.43. The van der Waals surface area contributed by atoms with E-state index in [9.17, 15) is 18.0 Å². The topological polar surface area (TPSA) is 159 Å². The standard InChI is InChI=1S/C30H42FN5O5S/c1-16(2)9-22(32)29(38)35-18-7-5-17(6-8-18)34-23-11-19(10-21(31)26(23)28(33)37)36-24-12-30(3,4)15-42(39,40)27(24)20-13-41-14-25(20)36/h10-11,16-18,22,34H,5-9,12-15,32H2,1-4H3,(H2,33,37)(H,35,38)/t17?,18?,22-/m0/s1. The summed E-state index contributed by atoms with van der Waals surface area (Å²) in [5, 5.41) is 6.39. The van der Waals surface area contributed by atoms with E-state index in [0.29, 0.717) is 67.1 Å². The number of rotatable bonds is 8. The minimum Gasteiger partial charge on any atom is -0.382 e. The predicted octanol–water partition coefficient (Wildman–Crippen LogP) is 3.31. The zero-order chi connectivity index (χ0) is 30.6. The Hall–Kier alpha value is -2.96. The van der Waals surface area contributed by atoms with Gasteiger partial charge in [-0.3, -0.25) is 9.59 Å². The van der Waals surface area contributed by atoms with Gasteiger partial charge in [0.25, 0.3) is 5.91 Å². The number of carbonyl (C=O) groups excluding carboxylic acids is 2. The van der Waals surface area contributed by atoms with Gasteiger partial charge in [-0.2, -0.15) is 0 Å². The van der Waals surface area contributed by atoms with Crippen molar-refractivity contribution >= 4 is 27.3 Å². The van der Waals surface area contributed by atoms with Gasteiger partial charge in [0.2, 0.25) is 5.91 Å². The molecule has 1 aromatic heterocycles. The average molecular weight is 604 g/mol. The van der Waals surface area contributed by atoms with Crippen LogP contribution < -0.4 is 22.1 Å². The number of nitrogens with two attached hydrogens (primary N) is 2. The van der Waals surface area contributed by atoms with Gasteiger partial charge in [0.05, 0.1) is 52.5 Å². The van der Waals surface area contributed by atoms with Crippen LogP contribution in [0.4, 0.5) is 10.1 Å². The molecule has 2 aliphatic heterocycles. The fourth-order valence-electron chi connectivity index (χ4n) is 6.79. The fraction of sp³-hybridized carbons (Fsp3) is 0.600. The molecule has 5 rings (SSSR count). The molecule has 1 atom stereocenters. The summed E-state index contributed by atoms with van der Waals surface area (Å²) in [5.41, 5.74) is 13.5. The van der Waals surface area contributed by atoms with Crippen molar-refractivity contribution in [1.29, 1.82) is 0 Å². The van der Waals surface area contributed by atoms with Crippen LogP contribution in [-0.2, 0) is 39.0 Å². The molecule has 10 nitrogen and oxygen atoms in total. The van der Waals surface area contributed by atoms with Crippen molar-refractivity contribution in [3.8, 4) is 5.69 Å². The van der Waals surface area contributed by atoms with Crippen molar-refractivity contribution < 1.29 is 27.1 Å². The molecule has 12 heteroatoms. The molecule has 1 saturated carbocycles. The fourth-order valence-corrected chi connectivity index (χ4v) is 9.14. The number of primary amides is 1. The zero-order valence-corrected chi connectivity index (χ0v) is 25.6. The molecule has 0 bridgehead atoms. The van der Waals surface area contributed by atoms with E-state index in [2.05, 4.69) is 10.6 Å². The van der Waals surface area contributed by atoms with Crippen LogP contribution in [0.25, 0.3) is 5.69 Å². The van der Waals surface area contributed by atoms with E-state index in [-0.39, 0.29) is 53.1 Å². The van der Waals surface area contributed by atoms with Crippen LogP contribution in [0.1, 0.15) is 87.1 Å². The van der Waals surface area contributed by atoms with Gasteiger partial charge in [0.15, 0.2) is 9.84 Å². The summed E-state index contributed by atoms with van der Waals surface area (Å²) in [4.78, 5) is 25.1. The number of halogens is 1. The van der Waals surface area contributed by atoms with Crippen molar-refractivity contribution in [1.82, 2.24) is 9.88 Å². The molecule has 0 saturated heterocycles. The first-order valence-corrected chi connectivity index (χ1v) is 16.3. The molecular formula is C30H42FN5O5S. The second kappa shape index (κ2) is 11.3. The Labute approximate surface area is 246 Å². The molecule has 3 heterocycles. The molecule has 6 N–H and O–H groups in total. The van der Waals surface area contributed by atoms with E-state index in [4.69, 9.17) is 16.2 Å². The van der Waals surface area contributed by atoms with Crippen molar-refractivity contribution in [3.05, 3.63) is 40.5 Å². The SMILES string of the molecule is CC(C)C[C@H](N)C(=O)NC1CCC(Nc2cc(-n3c4c(c5c3CC(C)(C)CS5(=O)=O)COC4)cc(F)c2C(N)=O)CC1. The number of aromatic nitrogens is 1. The molecule has 1 aromatic carbocycles. The molecule has 3 aliphatic rings. The number of benzene rings is 1. The summed E-state index contributed by atoms with van der Waals surface area (Å²) >= 11 is 0. The Morgan fingerprint density at radius 2 is 1.79 bits per heavy atom. The van der Waals surface area contributed by atoms with Crippen LogP contribution in [0, 0.1) is 17.2 Å². The van der Waals surface area contributed by atoms with Gasteiger partial charge >= 0.3 is 0 Å². The Morgan fingerprint density at radius 3 is 2.43 bits per heavy atom. The molecule has 2 aromatic rings. The Bertz CT molecular complexity index is 1510. The molecule has 42 heavy (non-hydrogen) atoms. The number of anilines is 1. The van der Waals surface area contributed by atoms with Crippen molar-refractivity contribution in [3.63, 3.8) is 0 Å². The second-order valence-electron chi connectivity index (χ2n) is 13.3. The van der Waals surface area contributed by atoms with E-state index in [0.717, 1.165) is 0 Å². The summed E-state index contributed by atoms with van der Waals surface area (Å²) in [7, 11) is -3.57.